The summed E-state index contributed by atoms with van der Waals surface area (Å²) in [7, 11) is 0. The smallest absolute Gasteiger partial charge is 1.00 e. The molecule has 0 aromatic rings. The van der Waals surface area contributed by atoms with Crippen LogP contribution >= 0.6 is 0 Å². The normalized spacial score (nSPS) is 10.6. The molecule has 7 heteroatoms. The van der Waals surface area contributed by atoms with Crippen LogP contribution in [0.1, 0.15) is 1.43 Å². The summed E-state index contributed by atoms with van der Waals surface area (Å²) in [5.74, 6) is 0. The maximum absolute atomic E-state index is 9.01. The first-order valence-corrected chi connectivity index (χ1v) is 1.73. The molecule has 0 heterocycles. The van der Waals surface area contributed by atoms with E-state index >= 15 is 0 Å². The molecule has 0 aromatic heterocycles. The summed E-state index contributed by atoms with van der Waals surface area (Å²) in [5.41, 5.74) is 0. The van der Waals surface area contributed by atoms with Crippen molar-refractivity contribution in [2.24, 2.45) is 0 Å². The Morgan fingerprint density at radius 2 is 1.86 bits per heavy atom. The number of hydrogen-bond donors (Lipinski definition) is 2. The summed E-state index contributed by atoms with van der Waals surface area (Å²) in [6.07, 6.45) is 0. The molecule has 0 radical (unpaired) electrons. The van der Waals surface area contributed by atoms with Gasteiger partial charge in [0.25, 0.3) is 0 Å². The van der Waals surface area contributed by atoms with Crippen LogP contribution in [0.2, 0.25) is 0 Å². The van der Waals surface area contributed by atoms with Gasteiger partial charge in [0.1, 0.15) is 0 Å². The van der Waals surface area contributed by atoms with E-state index in [1.807, 2.05) is 0 Å². The molecule has 1 atom stereocenters. The number of rotatable bonds is 1. The SMILES string of the molecule is O=S(O)OO.[Fe].[H-].[Na+]. The zero-order valence-corrected chi connectivity index (χ0v) is 7.39. The second-order valence-electron chi connectivity index (χ2n) is 0.292. The van der Waals surface area contributed by atoms with Crippen LogP contribution < -0.4 is 29.6 Å². The molecule has 0 saturated heterocycles. The zero-order valence-electron chi connectivity index (χ0n) is 4.47. The van der Waals surface area contributed by atoms with Gasteiger partial charge in [0.2, 0.25) is 0 Å². The number of hydrogen-bond acceptors (Lipinski definition) is 3. The molecule has 0 aliphatic heterocycles. The van der Waals surface area contributed by atoms with Gasteiger partial charge in [0.15, 0.2) is 0 Å². The molecule has 2 N–H and O–H groups in total. The third-order valence-electron chi connectivity index (χ3n) is 0.0638. The topological polar surface area (TPSA) is 66.8 Å². The Kier molecular flexibility index (Phi) is 23.8. The van der Waals surface area contributed by atoms with Gasteiger partial charge in [-0.15, -0.1) is 4.33 Å². The quantitative estimate of drug-likeness (QED) is 0.191. The summed E-state index contributed by atoms with van der Waals surface area (Å²) < 4.78 is 19.1. The van der Waals surface area contributed by atoms with Crippen LogP contribution in [0.25, 0.3) is 0 Å². The van der Waals surface area contributed by atoms with Crippen LogP contribution in [0.4, 0.5) is 0 Å². The molecule has 0 bridgehead atoms. The summed E-state index contributed by atoms with van der Waals surface area (Å²) in [4.78, 5) is 0. The first kappa shape index (κ1) is 15.8. The van der Waals surface area contributed by atoms with Gasteiger partial charge in [-0.25, -0.2) is 5.26 Å². The molecule has 0 aliphatic carbocycles. The third-order valence-corrected chi connectivity index (χ3v) is 0.191. The minimum atomic E-state index is -2.52. The van der Waals surface area contributed by atoms with E-state index in [1.165, 1.54) is 0 Å². The molecule has 0 spiro atoms. The van der Waals surface area contributed by atoms with Crippen molar-refractivity contribution in [1.29, 1.82) is 0 Å². The van der Waals surface area contributed by atoms with Crippen molar-refractivity contribution in [1.82, 2.24) is 0 Å². The van der Waals surface area contributed by atoms with Gasteiger partial charge < -0.3 is 1.43 Å². The summed E-state index contributed by atoms with van der Waals surface area (Å²) in [5, 5.41) is 7.09. The van der Waals surface area contributed by atoms with E-state index < -0.39 is 11.4 Å². The van der Waals surface area contributed by atoms with Crippen LogP contribution in [-0.4, -0.2) is 14.0 Å². The molecular formula is H3FeNaO4S. The van der Waals surface area contributed by atoms with Crippen LogP contribution in [0.15, 0.2) is 0 Å². The van der Waals surface area contributed by atoms with E-state index in [0.29, 0.717) is 0 Å². The van der Waals surface area contributed by atoms with Crippen molar-refractivity contribution in [3.8, 4) is 0 Å². The molecule has 4 nitrogen and oxygen atoms in total. The van der Waals surface area contributed by atoms with Crippen LogP contribution in [0, 0.1) is 0 Å². The van der Waals surface area contributed by atoms with Crippen molar-refractivity contribution < 1.29 is 66.4 Å². The summed E-state index contributed by atoms with van der Waals surface area (Å²) >= 11 is -2.52. The first-order valence-electron chi connectivity index (χ1n) is 0.698. The summed E-state index contributed by atoms with van der Waals surface area (Å²) in [6, 6.07) is 0. The Labute approximate surface area is 77.3 Å². The zero-order chi connectivity index (χ0) is 4.28. The average Bonchev–Trinajstić information content (AvgIpc) is 1.38. The van der Waals surface area contributed by atoms with Gasteiger partial charge in [-0.2, -0.15) is 4.21 Å². The van der Waals surface area contributed by atoms with Crippen molar-refractivity contribution >= 4 is 11.4 Å². The molecular weight excluding hydrogens is 175 g/mol. The van der Waals surface area contributed by atoms with E-state index in [4.69, 9.17) is 14.0 Å². The van der Waals surface area contributed by atoms with E-state index in [1.54, 1.807) is 0 Å². The van der Waals surface area contributed by atoms with Gasteiger partial charge in [0.05, 0.1) is 0 Å². The third kappa shape index (κ3) is 18.5. The van der Waals surface area contributed by atoms with Gasteiger partial charge in [0, 0.05) is 17.1 Å². The van der Waals surface area contributed by atoms with Gasteiger partial charge in [-0.3, -0.25) is 4.55 Å². The van der Waals surface area contributed by atoms with Crippen molar-refractivity contribution in [3.05, 3.63) is 0 Å². The molecule has 7 heavy (non-hydrogen) atoms. The molecule has 0 amide bonds. The van der Waals surface area contributed by atoms with Crippen molar-refractivity contribution in [3.63, 3.8) is 0 Å². The Morgan fingerprint density at radius 1 is 1.71 bits per heavy atom. The van der Waals surface area contributed by atoms with Gasteiger partial charge in [-0.1, -0.05) is 0 Å². The van der Waals surface area contributed by atoms with Gasteiger partial charge >= 0.3 is 40.9 Å². The monoisotopic (exact) mass is 178 g/mol. The fourth-order valence-electron chi connectivity index (χ4n) is 0. The van der Waals surface area contributed by atoms with Crippen LogP contribution in [0.5, 0.6) is 0 Å². The Hall–Kier alpha value is 1.55. The Bertz CT molecular complexity index is 51.3. The molecule has 0 aromatic carbocycles. The van der Waals surface area contributed by atoms with Crippen molar-refractivity contribution in [2.75, 3.05) is 0 Å². The Morgan fingerprint density at radius 3 is 1.86 bits per heavy atom. The predicted molar refractivity (Wildman–Crippen MR) is 15.6 cm³/mol. The minimum absolute atomic E-state index is 0. The van der Waals surface area contributed by atoms with E-state index in [0.717, 1.165) is 0 Å². The fourth-order valence-corrected chi connectivity index (χ4v) is 0. The molecule has 0 rings (SSSR count). The largest absolute Gasteiger partial charge is 1.00 e. The molecule has 0 aliphatic rings. The molecule has 0 fully saturated rings. The van der Waals surface area contributed by atoms with E-state index in [2.05, 4.69) is 4.33 Å². The predicted octanol–water partition coefficient (Wildman–Crippen LogP) is -3.27. The van der Waals surface area contributed by atoms with Crippen LogP contribution in [0.3, 0.4) is 0 Å². The standard InChI is InChI=1S/Fe.Na.H2O4S.H/c;;1-4-5(2)3;/h;;1H,(H,2,3);/q;+1;;-1. The Balaban J connectivity index is -0.0000000267. The van der Waals surface area contributed by atoms with Crippen molar-refractivity contribution in [2.45, 2.75) is 0 Å². The maximum Gasteiger partial charge on any atom is 1.00 e. The van der Waals surface area contributed by atoms with Gasteiger partial charge in [-0.05, 0) is 0 Å². The first-order chi connectivity index (χ1) is 2.27. The second kappa shape index (κ2) is 10.5. The molecule has 1 unspecified atom stereocenters. The van der Waals surface area contributed by atoms with Crippen LogP contribution in [-0.2, 0) is 32.8 Å². The average molecular weight is 178 g/mol. The van der Waals surface area contributed by atoms with E-state index in [9.17, 15) is 0 Å². The van der Waals surface area contributed by atoms with E-state index in [-0.39, 0.29) is 48.1 Å². The molecule has 42 valence electrons. The maximum atomic E-state index is 9.01. The second-order valence-corrected chi connectivity index (χ2v) is 0.875. The summed E-state index contributed by atoms with van der Waals surface area (Å²) in [6.45, 7) is 0. The minimum Gasteiger partial charge on any atom is -1.00 e. The fraction of sp³-hybridized carbons (Fsp3) is 0. The molecule has 0 saturated carbocycles.